The molecule has 0 heterocycles. The lowest BCUT2D eigenvalue weighted by Crippen LogP contribution is -2.14. The fourth-order valence-electron chi connectivity index (χ4n) is 1.46. The van der Waals surface area contributed by atoms with Crippen molar-refractivity contribution in [2.45, 2.75) is 46.5 Å². The van der Waals surface area contributed by atoms with Crippen LogP contribution in [-0.4, -0.2) is 25.8 Å². The first-order chi connectivity index (χ1) is 8.11. The van der Waals surface area contributed by atoms with E-state index >= 15 is 0 Å². The number of carbonyl (C=O) groups excluding carboxylic acids is 1. The summed E-state index contributed by atoms with van der Waals surface area (Å²) in [4.78, 5) is 11.1. The summed E-state index contributed by atoms with van der Waals surface area (Å²) in [6, 6.07) is 0. The zero-order valence-electron chi connectivity index (χ0n) is 11.5. The van der Waals surface area contributed by atoms with Crippen molar-refractivity contribution < 1.29 is 14.3 Å². The van der Waals surface area contributed by atoms with Crippen molar-refractivity contribution >= 4 is 5.97 Å². The van der Waals surface area contributed by atoms with Crippen LogP contribution in [0.25, 0.3) is 0 Å². The monoisotopic (exact) mass is 242 g/mol. The molecule has 0 bridgehead atoms. The molecule has 0 aromatic carbocycles. The van der Waals surface area contributed by atoms with Crippen LogP contribution in [0.4, 0.5) is 0 Å². The molecular weight excluding hydrogens is 216 g/mol. The van der Waals surface area contributed by atoms with Gasteiger partial charge in [0.15, 0.2) is 0 Å². The molecule has 0 saturated heterocycles. The lowest BCUT2D eigenvalue weighted by molar-refractivity contribution is -0.140. The first-order valence-corrected chi connectivity index (χ1v) is 6.52. The molecule has 17 heavy (non-hydrogen) atoms. The van der Waals surface area contributed by atoms with Crippen molar-refractivity contribution in [1.29, 1.82) is 0 Å². The maximum atomic E-state index is 11.1. The Morgan fingerprint density at radius 1 is 1.29 bits per heavy atom. The maximum Gasteiger partial charge on any atom is 0.333 e. The SMILES string of the molecule is C=C(C)C(=O)OCCOC[C@@H](CC)CCCC. The Kier molecular flexibility index (Phi) is 9.83. The molecule has 100 valence electrons. The van der Waals surface area contributed by atoms with Crippen LogP contribution in [0.15, 0.2) is 12.2 Å². The van der Waals surface area contributed by atoms with Crippen LogP contribution in [0.5, 0.6) is 0 Å². The van der Waals surface area contributed by atoms with Gasteiger partial charge >= 0.3 is 5.97 Å². The summed E-state index contributed by atoms with van der Waals surface area (Å²) in [5.74, 6) is 0.290. The van der Waals surface area contributed by atoms with Crippen LogP contribution in [-0.2, 0) is 14.3 Å². The number of unbranched alkanes of at least 4 members (excludes halogenated alkanes) is 1. The summed E-state index contributed by atoms with van der Waals surface area (Å²) < 4.78 is 10.4. The third kappa shape index (κ3) is 8.93. The number of ether oxygens (including phenoxy) is 2. The van der Waals surface area contributed by atoms with Crippen molar-refractivity contribution in [1.82, 2.24) is 0 Å². The Labute approximate surface area is 105 Å². The van der Waals surface area contributed by atoms with E-state index in [-0.39, 0.29) is 5.97 Å². The second kappa shape index (κ2) is 10.3. The van der Waals surface area contributed by atoms with Gasteiger partial charge in [-0.25, -0.2) is 4.79 Å². The molecule has 0 radical (unpaired) electrons. The van der Waals surface area contributed by atoms with Crippen LogP contribution in [0.2, 0.25) is 0 Å². The fourth-order valence-corrected chi connectivity index (χ4v) is 1.46. The van der Waals surface area contributed by atoms with E-state index in [0.29, 0.717) is 24.7 Å². The first kappa shape index (κ1) is 16.2. The zero-order chi connectivity index (χ0) is 13.1. The number of carbonyl (C=O) groups is 1. The summed E-state index contributed by atoms with van der Waals surface area (Å²) in [5.41, 5.74) is 0.430. The highest BCUT2D eigenvalue weighted by Gasteiger charge is 2.06. The molecule has 0 aromatic heterocycles. The topological polar surface area (TPSA) is 35.5 Å². The third-order valence-electron chi connectivity index (χ3n) is 2.71. The van der Waals surface area contributed by atoms with Crippen molar-refractivity contribution in [3.8, 4) is 0 Å². The molecule has 0 unspecified atom stereocenters. The van der Waals surface area contributed by atoms with E-state index in [2.05, 4.69) is 20.4 Å². The smallest absolute Gasteiger partial charge is 0.333 e. The average Bonchev–Trinajstić information content (AvgIpc) is 2.32. The largest absolute Gasteiger partial charge is 0.460 e. The van der Waals surface area contributed by atoms with Gasteiger partial charge in [-0.1, -0.05) is 39.7 Å². The Hall–Kier alpha value is -0.830. The van der Waals surface area contributed by atoms with Crippen LogP contribution >= 0.6 is 0 Å². The molecular formula is C14H26O3. The third-order valence-corrected chi connectivity index (χ3v) is 2.71. The van der Waals surface area contributed by atoms with Crippen LogP contribution in [0.3, 0.4) is 0 Å². The summed E-state index contributed by atoms with van der Waals surface area (Å²) in [7, 11) is 0. The van der Waals surface area contributed by atoms with Gasteiger partial charge in [0.1, 0.15) is 6.61 Å². The van der Waals surface area contributed by atoms with E-state index in [0.717, 1.165) is 13.0 Å². The number of hydrogen-bond donors (Lipinski definition) is 0. The quantitative estimate of drug-likeness (QED) is 0.335. The minimum absolute atomic E-state index is 0.315. The molecule has 3 nitrogen and oxygen atoms in total. The van der Waals surface area contributed by atoms with Gasteiger partial charge in [0, 0.05) is 12.2 Å². The summed E-state index contributed by atoms with van der Waals surface area (Å²) in [6.45, 7) is 11.1. The molecule has 0 saturated carbocycles. The van der Waals surface area contributed by atoms with Crippen molar-refractivity contribution in [3.63, 3.8) is 0 Å². The van der Waals surface area contributed by atoms with Gasteiger partial charge in [-0.2, -0.15) is 0 Å². The Morgan fingerprint density at radius 3 is 2.53 bits per heavy atom. The second-order valence-corrected chi connectivity index (χ2v) is 4.41. The Bertz CT molecular complexity index is 224. The van der Waals surface area contributed by atoms with E-state index in [1.807, 2.05) is 0 Å². The zero-order valence-corrected chi connectivity index (χ0v) is 11.5. The highest BCUT2D eigenvalue weighted by Crippen LogP contribution is 2.12. The molecule has 0 rings (SSSR count). The molecule has 0 aliphatic heterocycles. The fraction of sp³-hybridized carbons (Fsp3) is 0.786. The summed E-state index contributed by atoms with van der Waals surface area (Å²) in [5, 5.41) is 0. The second-order valence-electron chi connectivity index (χ2n) is 4.41. The molecule has 0 spiro atoms. The molecule has 0 N–H and O–H groups in total. The molecule has 1 atom stereocenters. The van der Waals surface area contributed by atoms with Crippen LogP contribution in [0.1, 0.15) is 46.5 Å². The van der Waals surface area contributed by atoms with Crippen molar-refractivity contribution in [3.05, 3.63) is 12.2 Å². The van der Waals surface area contributed by atoms with Gasteiger partial charge in [0.05, 0.1) is 6.61 Å². The number of rotatable bonds is 10. The molecule has 0 aliphatic carbocycles. The first-order valence-electron chi connectivity index (χ1n) is 6.52. The minimum Gasteiger partial charge on any atom is -0.460 e. The Morgan fingerprint density at radius 2 is 2.00 bits per heavy atom. The van der Waals surface area contributed by atoms with E-state index in [4.69, 9.17) is 9.47 Å². The van der Waals surface area contributed by atoms with E-state index < -0.39 is 0 Å². The lowest BCUT2D eigenvalue weighted by atomic mass is 10.0. The van der Waals surface area contributed by atoms with E-state index in [1.54, 1.807) is 6.92 Å². The summed E-state index contributed by atoms with van der Waals surface area (Å²) in [6.07, 6.45) is 4.85. The summed E-state index contributed by atoms with van der Waals surface area (Å²) >= 11 is 0. The predicted octanol–water partition coefficient (Wildman–Crippen LogP) is 3.34. The van der Waals surface area contributed by atoms with Gasteiger partial charge in [-0.05, 0) is 19.3 Å². The van der Waals surface area contributed by atoms with E-state index in [9.17, 15) is 4.79 Å². The van der Waals surface area contributed by atoms with Gasteiger partial charge in [0.2, 0.25) is 0 Å². The van der Waals surface area contributed by atoms with Crippen molar-refractivity contribution in [2.75, 3.05) is 19.8 Å². The van der Waals surface area contributed by atoms with Gasteiger partial charge in [-0.3, -0.25) is 0 Å². The average molecular weight is 242 g/mol. The minimum atomic E-state index is -0.341. The molecule has 0 aromatic rings. The van der Waals surface area contributed by atoms with Crippen molar-refractivity contribution in [2.24, 2.45) is 5.92 Å². The van der Waals surface area contributed by atoms with Gasteiger partial charge in [-0.15, -0.1) is 0 Å². The maximum absolute atomic E-state index is 11.1. The van der Waals surface area contributed by atoms with Gasteiger partial charge in [0.25, 0.3) is 0 Å². The number of esters is 1. The Balaban J connectivity index is 3.48. The lowest BCUT2D eigenvalue weighted by Gasteiger charge is -2.14. The highest BCUT2D eigenvalue weighted by atomic mass is 16.6. The molecule has 0 fully saturated rings. The highest BCUT2D eigenvalue weighted by molar-refractivity contribution is 5.86. The van der Waals surface area contributed by atoms with Crippen LogP contribution < -0.4 is 0 Å². The molecule has 0 amide bonds. The van der Waals surface area contributed by atoms with Gasteiger partial charge < -0.3 is 9.47 Å². The van der Waals surface area contributed by atoms with E-state index in [1.165, 1.54) is 19.3 Å². The standard InChI is InChI=1S/C14H26O3/c1-5-7-8-13(6-2)11-16-9-10-17-14(15)12(3)4/h13H,3,5-11H2,1-2,4H3/t13-/m0/s1. The normalized spacial score (nSPS) is 12.2. The predicted molar refractivity (Wildman–Crippen MR) is 69.9 cm³/mol. The van der Waals surface area contributed by atoms with Crippen LogP contribution in [0, 0.1) is 5.92 Å². The number of hydrogen-bond acceptors (Lipinski definition) is 3. The molecule has 3 heteroatoms. The molecule has 0 aliphatic rings.